The second-order valence-electron chi connectivity index (χ2n) is 9.01. The van der Waals surface area contributed by atoms with E-state index in [1.165, 1.54) is 0 Å². The van der Waals surface area contributed by atoms with E-state index in [0.717, 1.165) is 58.1 Å². The Morgan fingerprint density at radius 2 is 1.94 bits per heavy atom. The lowest BCUT2D eigenvalue weighted by Gasteiger charge is -2.44. The van der Waals surface area contributed by atoms with Gasteiger partial charge in [-0.25, -0.2) is 8.42 Å². The molecule has 33 heavy (non-hydrogen) atoms. The average molecular weight is 509 g/mol. The van der Waals surface area contributed by atoms with Crippen molar-refractivity contribution in [3.05, 3.63) is 29.3 Å². The van der Waals surface area contributed by atoms with Crippen LogP contribution in [0.25, 0.3) is 10.1 Å². The summed E-state index contributed by atoms with van der Waals surface area (Å²) in [6.45, 7) is 6.50. The summed E-state index contributed by atoms with van der Waals surface area (Å²) >= 11 is 7.18. The molecule has 1 aromatic carbocycles. The molecular weight excluding hydrogens is 480 g/mol. The van der Waals surface area contributed by atoms with Crippen LogP contribution in [0.15, 0.2) is 28.5 Å². The number of rotatable bonds is 6. The minimum Gasteiger partial charge on any atom is -0.338 e. The summed E-state index contributed by atoms with van der Waals surface area (Å²) in [6, 6.07) is 8.54. The van der Waals surface area contributed by atoms with Gasteiger partial charge in [0.25, 0.3) is 10.0 Å². The first-order valence-electron chi connectivity index (χ1n) is 11.3. The number of thiophene rings is 1. The van der Waals surface area contributed by atoms with Gasteiger partial charge in [0.2, 0.25) is 5.91 Å². The molecule has 2 aromatic rings. The summed E-state index contributed by atoms with van der Waals surface area (Å²) in [7, 11) is -4.01. The van der Waals surface area contributed by atoms with Crippen molar-refractivity contribution in [3.8, 4) is 6.07 Å². The van der Waals surface area contributed by atoms with Gasteiger partial charge in [0.1, 0.15) is 16.8 Å². The smallest absolute Gasteiger partial charge is 0.254 e. The Hall–Kier alpha value is -1.70. The van der Waals surface area contributed by atoms with Crippen molar-refractivity contribution in [1.29, 1.82) is 5.26 Å². The van der Waals surface area contributed by atoms with E-state index >= 15 is 0 Å². The molecule has 0 spiro atoms. The first-order valence-corrected chi connectivity index (χ1v) is 14.0. The summed E-state index contributed by atoms with van der Waals surface area (Å²) in [5.74, 6) is -0.174. The third-order valence-corrected chi connectivity index (χ3v) is 10.3. The monoisotopic (exact) mass is 508 g/mol. The number of benzene rings is 1. The summed E-state index contributed by atoms with van der Waals surface area (Å²) in [4.78, 5) is 17.8. The highest BCUT2D eigenvalue weighted by atomic mass is 35.5. The van der Waals surface area contributed by atoms with Crippen LogP contribution in [0.1, 0.15) is 39.5 Å². The molecule has 0 N–H and O–H groups in total. The fourth-order valence-electron chi connectivity index (χ4n) is 4.88. The number of nitriles is 1. The maximum Gasteiger partial charge on any atom is 0.254 e. The molecule has 0 radical (unpaired) electrons. The highest BCUT2D eigenvalue weighted by Gasteiger charge is 2.42. The number of hydrogen-bond acceptors (Lipinski definition) is 6. The average Bonchev–Trinajstić information content (AvgIpc) is 3.22. The number of piperidine rings is 2. The Kier molecular flexibility index (Phi) is 7.32. The number of nitrogens with zero attached hydrogens (tertiary/aromatic N) is 4. The van der Waals surface area contributed by atoms with E-state index in [0.29, 0.717) is 24.0 Å². The van der Waals surface area contributed by atoms with Crippen molar-refractivity contribution in [1.82, 2.24) is 14.1 Å². The second-order valence-corrected chi connectivity index (χ2v) is 12.6. The zero-order valence-electron chi connectivity index (χ0n) is 18.9. The molecule has 1 atom stereocenters. The molecule has 178 valence electrons. The number of hydrogen-bond donors (Lipinski definition) is 0. The number of carbonyl (C=O) groups is 1. The van der Waals surface area contributed by atoms with Crippen LogP contribution in [0.3, 0.4) is 0 Å². The van der Waals surface area contributed by atoms with Crippen LogP contribution in [-0.2, 0) is 14.8 Å². The third kappa shape index (κ3) is 4.91. The molecule has 2 fully saturated rings. The molecule has 1 aromatic heterocycles. The van der Waals surface area contributed by atoms with E-state index in [9.17, 15) is 18.5 Å². The predicted molar refractivity (Wildman–Crippen MR) is 131 cm³/mol. The van der Waals surface area contributed by atoms with Gasteiger partial charge < -0.3 is 9.80 Å². The highest BCUT2D eigenvalue weighted by Crippen LogP contribution is 2.35. The molecule has 0 saturated carbocycles. The van der Waals surface area contributed by atoms with Crippen LogP contribution in [0.4, 0.5) is 0 Å². The van der Waals surface area contributed by atoms with Crippen molar-refractivity contribution in [3.63, 3.8) is 0 Å². The van der Waals surface area contributed by atoms with Gasteiger partial charge in [0.05, 0.1) is 6.07 Å². The molecule has 10 heteroatoms. The van der Waals surface area contributed by atoms with Gasteiger partial charge in [-0.3, -0.25) is 4.79 Å². The van der Waals surface area contributed by atoms with Gasteiger partial charge in [-0.05, 0) is 63.1 Å². The van der Waals surface area contributed by atoms with Crippen LogP contribution in [0, 0.1) is 11.3 Å². The molecule has 2 saturated heterocycles. The number of carbonyl (C=O) groups excluding carboxylic acids is 1. The van der Waals surface area contributed by atoms with Crippen molar-refractivity contribution < 1.29 is 13.2 Å². The molecule has 0 unspecified atom stereocenters. The second kappa shape index (κ2) is 9.88. The Labute approximate surface area is 204 Å². The van der Waals surface area contributed by atoms with Crippen molar-refractivity contribution >= 4 is 49.0 Å². The largest absolute Gasteiger partial charge is 0.338 e. The number of amides is 1. The van der Waals surface area contributed by atoms with Gasteiger partial charge in [0.15, 0.2) is 0 Å². The lowest BCUT2D eigenvalue weighted by atomic mass is 9.96. The van der Waals surface area contributed by atoms with Crippen LogP contribution in [-0.4, -0.2) is 72.7 Å². The molecule has 2 aliphatic heterocycles. The Morgan fingerprint density at radius 1 is 1.21 bits per heavy atom. The Morgan fingerprint density at radius 3 is 2.61 bits per heavy atom. The first-order chi connectivity index (χ1) is 15.7. The zero-order chi connectivity index (χ0) is 23.8. The lowest BCUT2D eigenvalue weighted by molar-refractivity contribution is -0.141. The third-order valence-electron chi connectivity index (χ3n) is 6.71. The van der Waals surface area contributed by atoms with Crippen LogP contribution in [0.5, 0.6) is 0 Å². The van der Waals surface area contributed by atoms with Crippen molar-refractivity contribution in [2.24, 2.45) is 0 Å². The molecule has 7 nitrogen and oxygen atoms in total. The molecule has 2 aliphatic rings. The first kappa shape index (κ1) is 24.4. The lowest BCUT2D eigenvalue weighted by Crippen LogP contribution is -2.58. The topological polar surface area (TPSA) is 84.7 Å². The van der Waals surface area contributed by atoms with E-state index < -0.39 is 16.1 Å². The predicted octanol–water partition coefficient (Wildman–Crippen LogP) is 3.93. The minimum atomic E-state index is -4.01. The summed E-state index contributed by atoms with van der Waals surface area (Å²) in [5.41, 5.74) is 0. The number of likely N-dealkylation sites (tertiary alicyclic amines) is 2. The Bertz CT molecular complexity index is 1170. The number of fused-ring (bicyclic) bond motifs is 1. The minimum absolute atomic E-state index is 0.119. The van der Waals surface area contributed by atoms with Crippen LogP contribution < -0.4 is 0 Å². The van der Waals surface area contributed by atoms with Gasteiger partial charge in [-0.15, -0.1) is 11.3 Å². The maximum absolute atomic E-state index is 13.6. The van der Waals surface area contributed by atoms with Gasteiger partial charge >= 0.3 is 0 Å². The zero-order valence-corrected chi connectivity index (χ0v) is 21.3. The van der Waals surface area contributed by atoms with Crippen LogP contribution >= 0.6 is 22.9 Å². The van der Waals surface area contributed by atoms with Crippen molar-refractivity contribution in [2.45, 2.75) is 61.9 Å². The summed E-state index contributed by atoms with van der Waals surface area (Å²) in [5, 5.41) is 10.7. The van der Waals surface area contributed by atoms with Crippen molar-refractivity contribution in [2.75, 3.05) is 26.2 Å². The molecular formula is C23H29ClN4O3S2. The fourth-order valence-corrected chi connectivity index (χ4v) is 8.19. The van der Waals surface area contributed by atoms with E-state index in [1.807, 2.05) is 11.0 Å². The summed E-state index contributed by atoms with van der Waals surface area (Å²) < 4.78 is 29.2. The fraction of sp³-hybridized carbons (Fsp3) is 0.565. The standard InChI is InChI=1S/C23H29ClN4O3S2/c1-16(2)26-11-7-19(8-12-26)27-10-3-4-20(23(27)29)28(13-9-25)33(30,31)22-14-17-5-6-18(24)15-21(17)32-22/h5-6,14-16,19-20H,3-4,7-8,10-13H2,1-2H3/t20-/m0/s1. The van der Waals surface area contributed by atoms with Crippen LogP contribution in [0.2, 0.25) is 5.02 Å². The van der Waals surface area contributed by atoms with E-state index in [2.05, 4.69) is 18.7 Å². The van der Waals surface area contributed by atoms with E-state index in [1.54, 1.807) is 24.3 Å². The van der Waals surface area contributed by atoms with Gasteiger partial charge in [-0.2, -0.15) is 9.57 Å². The number of halogens is 1. The molecule has 3 heterocycles. The summed E-state index contributed by atoms with van der Waals surface area (Å²) in [6.07, 6.45) is 2.93. The van der Waals surface area contributed by atoms with Gasteiger partial charge in [-0.1, -0.05) is 17.7 Å². The van der Waals surface area contributed by atoms with Gasteiger partial charge in [0, 0.05) is 41.4 Å². The molecule has 4 rings (SSSR count). The molecule has 0 aliphatic carbocycles. The van der Waals surface area contributed by atoms with E-state index in [4.69, 9.17) is 11.6 Å². The maximum atomic E-state index is 13.6. The van der Waals surface area contributed by atoms with E-state index in [-0.39, 0.29) is 22.7 Å². The SMILES string of the molecule is CC(C)N1CCC(N2CCC[C@H](N(CC#N)S(=O)(=O)c3cc4ccc(Cl)cc4s3)C2=O)CC1. The normalized spacial score (nSPS) is 21.3. The molecule has 1 amide bonds. The quantitative estimate of drug-likeness (QED) is 0.552. The number of sulfonamides is 1. The Balaban J connectivity index is 1.58. The molecule has 0 bridgehead atoms. The highest BCUT2D eigenvalue weighted by molar-refractivity contribution is 7.91.